The number of halogens is 3. The molecule has 0 atom stereocenters. The number of nitrogens with zero attached hydrogens (tertiary/aromatic N) is 5. The molecule has 0 spiro atoms. The molecule has 4 heterocycles. The summed E-state index contributed by atoms with van der Waals surface area (Å²) in [5.74, 6) is 7.91. The number of likely N-dealkylation sites (N-methyl/N-ethyl adjacent to an activating group) is 1. The Hall–Kier alpha value is -6.47. The summed E-state index contributed by atoms with van der Waals surface area (Å²) in [6.45, 7) is 9.03. The zero-order valence-corrected chi connectivity index (χ0v) is 44.7. The predicted octanol–water partition coefficient (Wildman–Crippen LogP) is 8.63. The van der Waals surface area contributed by atoms with Crippen LogP contribution in [0, 0.1) is 25.7 Å². The van der Waals surface area contributed by atoms with Crippen LogP contribution in [0.15, 0.2) is 99.3 Å². The van der Waals surface area contributed by atoms with Crippen molar-refractivity contribution in [3.05, 3.63) is 118 Å². The molecule has 0 bridgehead atoms. The Bertz CT molecular complexity index is 2920. The Kier molecular flexibility index (Phi) is 21.5. The Morgan fingerprint density at radius 1 is 0.921 bits per heavy atom. The molecule has 76 heavy (non-hydrogen) atoms. The van der Waals surface area contributed by atoms with Crippen molar-refractivity contribution in [1.82, 2.24) is 28.8 Å². The van der Waals surface area contributed by atoms with Crippen LogP contribution in [0.1, 0.15) is 48.4 Å². The van der Waals surface area contributed by atoms with Crippen LogP contribution >= 0.6 is 11.9 Å². The maximum atomic E-state index is 13.8. The number of carbonyl (C=O) groups excluding carboxylic acids is 1. The summed E-state index contributed by atoms with van der Waals surface area (Å²) >= 11 is 1.54. The summed E-state index contributed by atoms with van der Waals surface area (Å²) in [7, 11) is 5.65. The maximum absolute atomic E-state index is 13.8. The Labute approximate surface area is 446 Å². The van der Waals surface area contributed by atoms with Gasteiger partial charge in [-0.25, -0.2) is 4.31 Å². The molecule has 3 N–H and O–H groups in total. The fraction of sp³-hybridized carbons (Fsp3) is 0.446. The predicted molar refractivity (Wildman–Crippen MR) is 290 cm³/mol. The van der Waals surface area contributed by atoms with Gasteiger partial charge in [0, 0.05) is 64.9 Å². The summed E-state index contributed by atoms with van der Waals surface area (Å²) in [5.41, 5.74) is 5.62. The minimum atomic E-state index is -4.41. The molecule has 16 nitrogen and oxygen atoms in total. The van der Waals surface area contributed by atoms with E-state index < -0.39 is 12.7 Å². The molecule has 408 valence electrons. The number of rotatable bonds is 28. The number of ether oxygens (including phenoxy) is 5. The van der Waals surface area contributed by atoms with Crippen LogP contribution in [0.5, 0.6) is 11.5 Å². The molecular weight excluding hydrogens is 1000 g/mol. The largest absolute Gasteiger partial charge is 0.495 e. The summed E-state index contributed by atoms with van der Waals surface area (Å²) in [6, 6.07) is 24.1. The number of methoxy groups -OCH3 is 1. The number of aryl methyl sites for hydroxylation is 2. The first-order chi connectivity index (χ1) is 36.7. The number of likely N-dealkylation sites (tertiary alicyclic amines) is 1. The second-order valence-electron chi connectivity index (χ2n) is 18.5. The van der Waals surface area contributed by atoms with E-state index in [0.717, 1.165) is 64.3 Å². The highest BCUT2D eigenvalue weighted by Gasteiger charge is 2.30. The highest BCUT2D eigenvalue weighted by atomic mass is 32.2. The van der Waals surface area contributed by atoms with Gasteiger partial charge in [-0.1, -0.05) is 29.3 Å². The van der Waals surface area contributed by atoms with Gasteiger partial charge in [-0.3, -0.25) is 9.59 Å². The average molecular weight is 1070 g/mol. The molecule has 3 aromatic carbocycles. The molecule has 3 aromatic heterocycles. The number of amides is 1. The third-order valence-corrected chi connectivity index (χ3v) is 13.6. The molecule has 7 rings (SSSR count). The van der Waals surface area contributed by atoms with Crippen molar-refractivity contribution in [2.24, 2.45) is 0 Å². The van der Waals surface area contributed by atoms with E-state index in [1.165, 1.54) is 4.57 Å². The minimum absolute atomic E-state index is 0.0819. The Morgan fingerprint density at radius 3 is 2.43 bits per heavy atom. The fourth-order valence-electron chi connectivity index (χ4n) is 8.75. The summed E-state index contributed by atoms with van der Waals surface area (Å²) in [6.07, 6.45) is 0.189. The summed E-state index contributed by atoms with van der Waals surface area (Å²) < 4.78 is 80.2. The van der Waals surface area contributed by atoms with E-state index in [2.05, 4.69) is 49.2 Å². The molecule has 1 aliphatic rings. The number of hydrogen-bond acceptors (Lipinski definition) is 14. The number of fused-ring (bicyclic) bond motifs is 1. The lowest BCUT2D eigenvalue weighted by molar-refractivity contribution is -0.140. The van der Waals surface area contributed by atoms with E-state index in [4.69, 9.17) is 28.2 Å². The molecule has 1 aliphatic heterocycles. The standard InChI is InChI=1S/C56H69F3N8O8S/c1-40-55(41(2)75-63-40)43-16-19-54(69)66(38-43)37-42-10-6-12-46(34-42)74-27-9-15-53(68)61-23-28-71-30-32-73-33-31-72-29-26-65(4)76-47-17-18-50(52(36-47)70-5)60-22-8-11-45-35-48-49(62-44-20-24-64(3)25-21-44)13-7-14-51(48)67(45)39-56(57,58)59/h6-7,10,12-14,16-19,34-36,38,44,60,62H,9,15,20-33,37,39H2,1-5H3,(H,61,68). The monoisotopic (exact) mass is 1070 g/mol. The Morgan fingerprint density at radius 2 is 1.68 bits per heavy atom. The van der Waals surface area contributed by atoms with Gasteiger partial charge in [-0.15, -0.1) is 0 Å². The summed E-state index contributed by atoms with van der Waals surface area (Å²) in [4.78, 5) is 28.2. The van der Waals surface area contributed by atoms with Crippen molar-refractivity contribution in [3.8, 4) is 34.5 Å². The first-order valence-electron chi connectivity index (χ1n) is 25.5. The first kappa shape index (κ1) is 57.2. The second-order valence-corrected chi connectivity index (χ2v) is 19.8. The van der Waals surface area contributed by atoms with Crippen molar-refractivity contribution in [2.75, 3.05) is 111 Å². The number of piperidine rings is 1. The molecule has 0 unspecified atom stereocenters. The SMILES string of the molecule is COc1cc(SN(C)CCOCCOCCOCCNC(=O)CCCOc2cccc(Cn3cc(-c4c(C)noc4C)ccc3=O)c2)ccc1NCC#Cc1cc2c(NC3CCN(C)CC3)cccc2n1CC(F)(F)F. The van der Waals surface area contributed by atoms with Crippen LogP contribution in [0.3, 0.4) is 0 Å². The van der Waals surface area contributed by atoms with Gasteiger partial charge in [0.05, 0.1) is 89.0 Å². The van der Waals surface area contributed by atoms with E-state index in [9.17, 15) is 22.8 Å². The number of anilines is 2. The lowest BCUT2D eigenvalue weighted by atomic mass is 10.0. The lowest BCUT2D eigenvalue weighted by Gasteiger charge is -2.30. The molecule has 1 saturated heterocycles. The van der Waals surface area contributed by atoms with Crippen LogP contribution in [-0.2, 0) is 32.1 Å². The van der Waals surface area contributed by atoms with Crippen molar-refractivity contribution in [2.45, 2.75) is 69.7 Å². The highest BCUT2D eigenvalue weighted by Crippen LogP contribution is 2.33. The molecule has 20 heteroatoms. The Balaban J connectivity index is 0.715. The van der Waals surface area contributed by atoms with Gasteiger partial charge in [0.2, 0.25) is 5.91 Å². The van der Waals surface area contributed by atoms with Crippen molar-refractivity contribution < 1.29 is 46.2 Å². The van der Waals surface area contributed by atoms with Crippen LogP contribution in [-0.4, -0.2) is 142 Å². The van der Waals surface area contributed by atoms with Crippen molar-refractivity contribution in [3.63, 3.8) is 0 Å². The summed E-state index contributed by atoms with van der Waals surface area (Å²) in [5, 5.41) is 14.4. The quantitative estimate of drug-likeness (QED) is 0.0244. The van der Waals surface area contributed by atoms with Gasteiger partial charge in [0.25, 0.3) is 5.56 Å². The molecule has 6 aromatic rings. The molecule has 0 aliphatic carbocycles. The van der Waals surface area contributed by atoms with Crippen LogP contribution in [0.2, 0.25) is 0 Å². The normalized spacial score (nSPS) is 13.2. The van der Waals surface area contributed by atoms with E-state index in [1.807, 2.05) is 75.6 Å². The third-order valence-electron chi connectivity index (χ3n) is 12.6. The van der Waals surface area contributed by atoms with E-state index in [1.54, 1.807) is 54.0 Å². The van der Waals surface area contributed by atoms with E-state index >= 15 is 0 Å². The zero-order chi connectivity index (χ0) is 53.9. The molecule has 0 saturated carbocycles. The average Bonchev–Trinajstić information content (AvgIpc) is 3.92. The molecule has 1 amide bonds. The first-order valence-corrected chi connectivity index (χ1v) is 26.3. The van der Waals surface area contributed by atoms with Gasteiger partial charge in [0.1, 0.15) is 23.8 Å². The third kappa shape index (κ3) is 17.5. The van der Waals surface area contributed by atoms with Gasteiger partial charge in [-0.2, -0.15) is 13.2 Å². The molecular formula is C56H69F3N8O8S. The zero-order valence-electron chi connectivity index (χ0n) is 43.9. The van der Waals surface area contributed by atoms with Gasteiger partial charge < -0.3 is 58.2 Å². The van der Waals surface area contributed by atoms with Crippen LogP contribution in [0.4, 0.5) is 24.5 Å². The van der Waals surface area contributed by atoms with Crippen molar-refractivity contribution in [1.29, 1.82) is 0 Å². The topological polar surface area (TPSA) is 159 Å². The van der Waals surface area contributed by atoms with Crippen molar-refractivity contribution >= 4 is 40.1 Å². The van der Waals surface area contributed by atoms with E-state index in [-0.39, 0.29) is 24.1 Å². The van der Waals surface area contributed by atoms with E-state index in [0.29, 0.717) is 113 Å². The van der Waals surface area contributed by atoms with Gasteiger partial charge >= 0.3 is 6.18 Å². The molecule has 1 fully saturated rings. The smallest absolute Gasteiger partial charge is 0.406 e. The number of alkyl halides is 3. The number of nitrogens with one attached hydrogen (secondary N) is 3. The number of pyridine rings is 1. The minimum Gasteiger partial charge on any atom is -0.495 e. The number of hydrogen-bond donors (Lipinski definition) is 3. The second kappa shape index (κ2) is 28.6. The number of aromatic nitrogens is 3. The van der Waals surface area contributed by atoms with Gasteiger partial charge in [0.15, 0.2) is 0 Å². The van der Waals surface area contributed by atoms with Crippen LogP contribution in [0.25, 0.3) is 22.0 Å². The highest BCUT2D eigenvalue weighted by molar-refractivity contribution is 7.97. The molecule has 0 radical (unpaired) electrons. The van der Waals surface area contributed by atoms with Gasteiger partial charge in [-0.05, 0) is 138 Å². The number of carbonyl (C=O) groups is 1. The fourth-order valence-corrected chi connectivity index (χ4v) is 9.56. The lowest BCUT2D eigenvalue weighted by Crippen LogP contribution is -2.36. The number of benzene rings is 3. The van der Waals surface area contributed by atoms with Crippen LogP contribution < -0.4 is 31.0 Å². The maximum Gasteiger partial charge on any atom is 0.406 e.